The van der Waals surface area contributed by atoms with Gasteiger partial charge in [-0.1, -0.05) is 29.3 Å². The lowest BCUT2D eigenvalue weighted by Gasteiger charge is -2.34. The summed E-state index contributed by atoms with van der Waals surface area (Å²) in [5.74, 6) is 0.0817. The van der Waals surface area contributed by atoms with Crippen molar-refractivity contribution >= 4 is 34.9 Å². The second-order valence-electron chi connectivity index (χ2n) is 6.39. The zero-order chi connectivity index (χ0) is 18.7. The molecule has 0 radical (unpaired) electrons. The molecule has 1 aliphatic rings. The van der Waals surface area contributed by atoms with Crippen LogP contribution in [0.2, 0.25) is 10.2 Å². The summed E-state index contributed by atoms with van der Waals surface area (Å²) in [5, 5.41) is 8.60. The van der Waals surface area contributed by atoms with Crippen molar-refractivity contribution in [2.24, 2.45) is 5.92 Å². The first-order chi connectivity index (χ1) is 12.5. The number of hydrogen-bond acceptors (Lipinski definition) is 4. The number of benzene rings is 1. The van der Waals surface area contributed by atoms with E-state index in [2.05, 4.69) is 10.2 Å². The minimum atomic E-state index is -0.404. The summed E-state index contributed by atoms with van der Waals surface area (Å²) in [5.41, 5.74) is 0.334. The minimum Gasteiger partial charge on any atom is -0.354 e. The Labute approximate surface area is 161 Å². The Morgan fingerprint density at radius 2 is 2.12 bits per heavy atom. The van der Waals surface area contributed by atoms with Crippen molar-refractivity contribution in [1.29, 1.82) is 0 Å². The van der Waals surface area contributed by atoms with Crippen LogP contribution in [-0.4, -0.2) is 41.1 Å². The molecule has 1 saturated heterocycles. The van der Waals surface area contributed by atoms with E-state index in [1.807, 2.05) is 4.90 Å². The highest BCUT2D eigenvalue weighted by Crippen LogP contribution is 2.25. The van der Waals surface area contributed by atoms with E-state index >= 15 is 0 Å². The number of carbonyl (C=O) groups excluding carboxylic acids is 1. The van der Waals surface area contributed by atoms with Crippen molar-refractivity contribution in [3.05, 3.63) is 51.9 Å². The predicted octanol–water partition coefficient (Wildman–Crippen LogP) is 3.80. The molecular formula is C18H19Cl2FN4O. The fourth-order valence-corrected chi connectivity index (χ4v) is 3.50. The van der Waals surface area contributed by atoms with Crippen LogP contribution in [0, 0.1) is 11.7 Å². The maximum atomic E-state index is 14.0. The van der Waals surface area contributed by atoms with Gasteiger partial charge in [0.2, 0.25) is 5.91 Å². The zero-order valence-corrected chi connectivity index (χ0v) is 15.8. The third-order valence-corrected chi connectivity index (χ3v) is 5.10. The molecule has 2 heterocycles. The van der Waals surface area contributed by atoms with Crippen LogP contribution in [0.5, 0.6) is 0 Å². The Balaban J connectivity index is 1.67. The van der Waals surface area contributed by atoms with E-state index in [0.717, 1.165) is 19.4 Å². The summed E-state index contributed by atoms with van der Waals surface area (Å²) in [7, 11) is 1.67. The van der Waals surface area contributed by atoms with Gasteiger partial charge in [0.15, 0.2) is 11.0 Å². The molecule has 5 nitrogen and oxygen atoms in total. The molecule has 1 fully saturated rings. The van der Waals surface area contributed by atoms with Gasteiger partial charge in [-0.2, -0.15) is 0 Å². The number of hydrogen-bond donors (Lipinski definition) is 0. The van der Waals surface area contributed by atoms with Crippen molar-refractivity contribution in [1.82, 2.24) is 15.1 Å². The van der Waals surface area contributed by atoms with Gasteiger partial charge in [-0.25, -0.2) is 4.39 Å². The third-order valence-electron chi connectivity index (χ3n) is 4.55. The summed E-state index contributed by atoms with van der Waals surface area (Å²) in [6, 6.07) is 8.00. The zero-order valence-electron chi connectivity index (χ0n) is 14.3. The van der Waals surface area contributed by atoms with E-state index in [4.69, 9.17) is 23.2 Å². The molecule has 0 bridgehead atoms. The van der Waals surface area contributed by atoms with Crippen LogP contribution < -0.4 is 4.90 Å². The van der Waals surface area contributed by atoms with Crippen molar-refractivity contribution in [2.75, 3.05) is 25.0 Å². The molecule has 138 valence electrons. The number of anilines is 1. The summed E-state index contributed by atoms with van der Waals surface area (Å²) in [6.07, 6.45) is 1.65. The average molecular weight is 397 g/mol. The van der Waals surface area contributed by atoms with Gasteiger partial charge in [-0.15, -0.1) is 10.2 Å². The van der Waals surface area contributed by atoms with Crippen molar-refractivity contribution in [3.63, 3.8) is 0 Å². The summed E-state index contributed by atoms with van der Waals surface area (Å²) in [4.78, 5) is 16.4. The fourth-order valence-electron chi connectivity index (χ4n) is 3.17. The first-order valence-corrected chi connectivity index (χ1v) is 9.13. The highest BCUT2D eigenvalue weighted by Gasteiger charge is 2.29. The largest absolute Gasteiger partial charge is 0.354 e. The second kappa shape index (κ2) is 8.18. The first kappa shape index (κ1) is 18.9. The van der Waals surface area contributed by atoms with Gasteiger partial charge in [0.1, 0.15) is 5.82 Å². The van der Waals surface area contributed by atoms with E-state index in [1.54, 1.807) is 31.3 Å². The highest BCUT2D eigenvalue weighted by molar-refractivity contribution is 6.31. The van der Waals surface area contributed by atoms with Crippen LogP contribution in [0.25, 0.3) is 0 Å². The normalized spacial score (nSPS) is 17.2. The molecule has 26 heavy (non-hydrogen) atoms. The van der Waals surface area contributed by atoms with E-state index < -0.39 is 5.82 Å². The molecule has 0 spiro atoms. The minimum absolute atomic E-state index is 0.0315. The molecule has 1 unspecified atom stereocenters. The molecule has 3 rings (SSSR count). The van der Waals surface area contributed by atoms with Crippen LogP contribution >= 0.6 is 23.2 Å². The highest BCUT2D eigenvalue weighted by atomic mass is 35.5. The van der Waals surface area contributed by atoms with Crippen LogP contribution in [0.15, 0.2) is 30.3 Å². The number of piperidine rings is 1. The maximum Gasteiger partial charge on any atom is 0.227 e. The SMILES string of the molecule is CN(Cc1c(F)cccc1Cl)C(=O)C1CCCN(c2ccc(Cl)nn2)C1. The van der Waals surface area contributed by atoms with Gasteiger partial charge in [0, 0.05) is 37.3 Å². The lowest BCUT2D eigenvalue weighted by Crippen LogP contribution is -2.44. The number of aromatic nitrogens is 2. The maximum absolute atomic E-state index is 14.0. The molecule has 2 aromatic rings. The summed E-state index contributed by atoms with van der Waals surface area (Å²) < 4.78 is 14.0. The summed E-state index contributed by atoms with van der Waals surface area (Å²) >= 11 is 11.8. The monoisotopic (exact) mass is 396 g/mol. The Morgan fingerprint density at radius 3 is 2.81 bits per heavy atom. The molecule has 1 aliphatic heterocycles. The molecule has 0 aliphatic carbocycles. The number of nitrogens with zero attached hydrogens (tertiary/aromatic N) is 4. The van der Waals surface area contributed by atoms with Gasteiger partial charge in [-0.3, -0.25) is 4.79 Å². The second-order valence-corrected chi connectivity index (χ2v) is 7.19. The number of halogens is 3. The van der Waals surface area contributed by atoms with E-state index in [-0.39, 0.29) is 18.4 Å². The van der Waals surface area contributed by atoms with E-state index in [1.165, 1.54) is 11.0 Å². The van der Waals surface area contributed by atoms with Crippen LogP contribution in [-0.2, 0) is 11.3 Å². The Bertz CT molecular complexity index is 767. The fraction of sp³-hybridized carbons (Fsp3) is 0.389. The van der Waals surface area contributed by atoms with E-state index in [9.17, 15) is 9.18 Å². The molecule has 0 N–H and O–H groups in total. The lowest BCUT2D eigenvalue weighted by atomic mass is 9.96. The standard InChI is InChI=1S/C18H19Cl2FN4O/c1-24(11-13-14(19)5-2-6-15(13)21)18(26)12-4-3-9-25(10-12)17-8-7-16(20)22-23-17/h2,5-8,12H,3-4,9-11H2,1H3. The number of carbonyl (C=O) groups is 1. The first-order valence-electron chi connectivity index (χ1n) is 8.37. The van der Waals surface area contributed by atoms with Crippen molar-refractivity contribution in [2.45, 2.75) is 19.4 Å². The number of amides is 1. The molecule has 8 heteroatoms. The quantitative estimate of drug-likeness (QED) is 0.788. The lowest BCUT2D eigenvalue weighted by molar-refractivity contribution is -0.135. The summed E-state index contributed by atoms with van der Waals surface area (Å²) in [6.45, 7) is 1.50. The Kier molecular flexibility index (Phi) is 5.94. The smallest absolute Gasteiger partial charge is 0.227 e. The number of rotatable bonds is 4. The van der Waals surface area contributed by atoms with Gasteiger partial charge in [0.05, 0.1) is 5.92 Å². The van der Waals surface area contributed by atoms with E-state index in [0.29, 0.717) is 28.1 Å². The average Bonchev–Trinajstić information content (AvgIpc) is 2.65. The molecule has 0 saturated carbocycles. The third kappa shape index (κ3) is 4.24. The van der Waals surface area contributed by atoms with Crippen LogP contribution in [0.1, 0.15) is 18.4 Å². The molecule has 1 atom stereocenters. The van der Waals surface area contributed by atoms with Crippen LogP contribution in [0.4, 0.5) is 10.2 Å². The molecule has 1 aromatic carbocycles. The topological polar surface area (TPSA) is 49.3 Å². The van der Waals surface area contributed by atoms with Gasteiger partial charge in [-0.05, 0) is 37.1 Å². The molecular weight excluding hydrogens is 378 g/mol. The van der Waals surface area contributed by atoms with Crippen LogP contribution in [0.3, 0.4) is 0 Å². The van der Waals surface area contributed by atoms with Gasteiger partial charge in [0.25, 0.3) is 0 Å². The molecule has 1 amide bonds. The predicted molar refractivity (Wildman–Crippen MR) is 99.9 cm³/mol. The van der Waals surface area contributed by atoms with Crippen molar-refractivity contribution in [3.8, 4) is 0 Å². The Hall–Kier alpha value is -1.92. The Morgan fingerprint density at radius 1 is 1.31 bits per heavy atom. The molecule has 1 aromatic heterocycles. The van der Waals surface area contributed by atoms with Gasteiger partial charge >= 0.3 is 0 Å². The van der Waals surface area contributed by atoms with Gasteiger partial charge < -0.3 is 9.80 Å². The van der Waals surface area contributed by atoms with Crippen molar-refractivity contribution < 1.29 is 9.18 Å².